The van der Waals surface area contributed by atoms with Crippen LogP contribution in [0.4, 0.5) is 11.4 Å². The summed E-state index contributed by atoms with van der Waals surface area (Å²) in [6.45, 7) is 3.41. The lowest BCUT2D eigenvalue weighted by molar-refractivity contribution is -0.119. The van der Waals surface area contributed by atoms with E-state index in [4.69, 9.17) is 22.1 Å². The smallest absolute Gasteiger partial charge is 0.241 e. The molecule has 1 amide bonds. The van der Waals surface area contributed by atoms with Crippen LogP contribution in [-0.2, 0) is 9.53 Å². The normalized spacial score (nSPS) is 16.5. The summed E-state index contributed by atoms with van der Waals surface area (Å²) in [6.07, 6.45) is 1.63. The zero-order chi connectivity index (χ0) is 19.2. The van der Waals surface area contributed by atoms with Gasteiger partial charge in [0.1, 0.15) is 0 Å². The van der Waals surface area contributed by atoms with Crippen LogP contribution in [0.25, 0.3) is 0 Å². The van der Waals surface area contributed by atoms with Crippen LogP contribution in [0.5, 0.6) is 0 Å². The molecule has 2 atom stereocenters. The maximum atomic E-state index is 12.4. The molecule has 1 aliphatic heterocycles. The molecular formula is C21H27Cl2N3O2. The number of benzene rings is 2. The molecule has 0 saturated carbocycles. The van der Waals surface area contributed by atoms with Gasteiger partial charge in [0.15, 0.2) is 0 Å². The minimum atomic E-state index is -0.538. The van der Waals surface area contributed by atoms with Crippen molar-refractivity contribution in [1.82, 2.24) is 0 Å². The second-order valence-corrected chi connectivity index (χ2v) is 7.34. The predicted molar refractivity (Wildman–Crippen MR) is 117 cm³/mol. The van der Waals surface area contributed by atoms with Crippen molar-refractivity contribution in [3.8, 4) is 0 Å². The molecule has 2 aromatic rings. The lowest BCUT2D eigenvalue weighted by Crippen LogP contribution is -2.44. The first-order valence-electron chi connectivity index (χ1n) is 9.30. The Kier molecular flexibility index (Phi) is 8.58. The van der Waals surface area contributed by atoms with Crippen LogP contribution in [0.15, 0.2) is 48.5 Å². The highest BCUT2D eigenvalue weighted by Gasteiger charge is 2.26. The van der Waals surface area contributed by atoms with Crippen LogP contribution >= 0.6 is 24.0 Å². The van der Waals surface area contributed by atoms with Crippen LogP contribution < -0.4 is 16.4 Å². The van der Waals surface area contributed by atoms with E-state index in [9.17, 15) is 4.79 Å². The van der Waals surface area contributed by atoms with Gasteiger partial charge in [0, 0.05) is 24.9 Å². The molecule has 0 radical (unpaired) electrons. The van der Waals surface area contributed by atoms with E-state index in [0.29, 0.717) is 23.9 Å². The Morgan fingerprint density at radius 1 is 1.18 bits per heavy atom. The first kappa shape index (κ1) is 22.5. The summed E-state index contributed by atoms with van der Waals surface area (Å²) in [7, 11) is 0. The van der Waals surface area contributed by atoms with Crippen LogP contribution in [0.3, 0.4) is 0 Å². The van der Waals surface area contributed by atoms with E-state index in [2.05, 4.69) is 29.7 Å². The summed E-state index contributed by atoms with van der Waals surface area (Å²) in [5.74, 6) is -0.0294. The van der Waals surface area contributed by atoms with Crippen molar-refractivity contribution in [3.05, 3.63) is 59.1 Å². The third kappa shape index (κ3) is 5.85. The number of anilines is 2. The second kappa shape index (κ2) is 10.7. The molecule has 5 nitrogen and oxygen atoms in total. The molecule has 0 bridgehead atoms. The number of rotatable bonds is 6. The quantitative estimate of drug-likeness (QED) is 0.632. The van der Waals surface area contributed by atoms with Gasteiger partial charge >= 0.3 is 0 Å². The van der Waals surface area contributed by atoms with Gasteiger partial charge in [-0.3, -0.25) is 4.79 Å². The molecule has 28 heavy (non-hydrogen) atoms. The molecule has 0 spiro atoms. The number of hydrogen-bond acceptors (Lipinski definition) is 4. The summed E-state index contributed by atoms with van der Waals surface area (Å²) in [4.78, 5) is 12.4. The highest BCUT2D eigenvalue weighted by atomic mass is 35.5. The number of ether oxygens (including phenoxy) is 1. The molecule has 4 N–H and O–H groups in total. The van der Waals surface area contributed by atoms with Gasteiger partial charge in [-0.25, -0.2) is 0 Å². The fraction of sp³-hybridized carbons (Fsp3) is 0.381. The minimum Gasteiger partial charge on any atom is -0.381 e. The molecule has 0 aromatic heterocycles. The van der Waals surface area contributed by atoms with Gasteiger partial charge < -0.3 is 21.1 Å². The fourth-order valence-corrected chi connectivity index (χ4v) is 3.52. The first-order valence-corrected chi connectivity index (χ1v) is 9.67. The molecule has 1 heterocycles. The zero-order valence-electron chi connectivity index (χ0n) is 15.9. The molecule has 3 rings (SSSR count). The third-order valence-corrected chi connectivity index (χ3v) is 5.30. The number of nitrogens with two attached hydrogens (primary N) is 1. The summed E-state index contributed by atoms with van der Waals surface area (Å²) >= 11 is 6.41. The second-order valence-electron chi connectivity index (χ2n) is 6.94. The van der Waals surface area contributed by atoms with Gasteiger partial charge in [-0.05, 0) is 49.4 Å². The molecule has 0 aliphatic carbocycles. The first-order chi connectivity index (χ1) is 13.0. The number of carbonyl (C=O) groups is 1. The average molecular weight is 424 g/mol. The Labute approximate surface area is 177 Å². The van der Waals surface area contributed by atoms with Crippen molar-refractivity contribution >= 4 is 41.3 Å². The van der Waals surface area contributed by atoms with Crippen molar-refractivity contribution in [2.45, 2.75) is 31.8 Å². The lowest BCUT2D eigenvalue weighted by atomic mass is 9.92. The summed E-state index contributed by atoms with van der Waals surface area (Å²) in [6, 6.07) is 15.2. The predicted octanol–water partition coefficient (Wildman–Crippen LogP) is 4.63. The van der Waals surface area contributed by atoms with Crippen molar-refractivity contribution in [3.63, 3.8) is 0 Å². The summed E-state index contributed by atoms with van der Waals surface area (Å²) in [5, 5.41) is 6.82. The standard InChI is InChI=1S/C21H26ClN3O2.ClH/c1-14(15-5-3-2-4-6-15)24-19-8-7-17(13-18(19)22)25-21(26)20(23)16-9-11-27-12-10-16;/h2-8,13-14,16,20,24H,9-12,23H2,1H3,(H,25,26);1H. The van der Waals surface area contributed by atoms with Gasteiger partial charge in [-0.1, -0.05) is 41.9 Å². The molecular weight excluding hydrogens is 397 g/mol. The van der Waals surface area contributed by atoms with E-state index in [-0.39, 0.29) is 30.3 Å². The Morgan fingerprint density at radius 2 is 1.86 bits per heavy atom. The number of nitrogens with one attached hydrogen (secondary N) is 2. The zero-order valence-corrected chi connectivity index (χ0v) is 17.4. The Hall–Kier alpha value is -1.79. The van der Waals surface area contributed by atoms with Crippen LogP contribution in [0, 0.1) is 5.92 Å². The fourth-order valence-electron chi connectivity index (χ4n) is 3.28. The van der Waals surface area contributed by atoms with Gasteiger partial charge in [0.25, 0.3) is 0 Å². The highest BCUT2D eigenvalue weighted by Crippen LogP contribution is 2.29. The van der Waals surface area contributed by atoms with E-state index < -0.39 is 6.04 Å². The SMILES string of the molecule is CC(Nc1ccc(NC(=O)C(N)C2CCOCC2)cc1Cl)c1ccccc1.Cl. The Balaban J connectivity index is 0.00000280. The molecule has 7 heteroatoms. The van der Waals surface area contributed by atoms with Crippen LogP contribution in [0.2, 0.25) is 5.02 Å². The number of carbonyl (C=O) groups excluding carboxylic acids is 1. The Morgan fingerprint density at radius 3 is 2.50 bits per heavy atom. The van der Waals surface area contributed by atoms with E-state index in [1.54, 1.807) is 6.07 Å². The van der Waals surface area contributed by atoms with Crippen LogP contribution in [0.1, 0.15) is 31.4 Å². The van der Waals surface area contributed by atoms with Crippen molar-refractivity contribution in [1.29, 1.82) is 0 Å². The van der Waals surface area contributed by atoms with Crippen LogP contribution in [-0.4, -0.2) is 25.2 Å². The molecule has 1 aliphatic rings. The van der Waals surface area contributed by atoms with Gasteiger partial charge in [-0.2, -0.15) is 0 Å². The van der Waals surface area contributed by atoms with E-state index >= 15 is 0 Å². The monoisotopic (exact) mass is 423 g/mol. The van der Waals surface area contributed by atoms with Gasteiger partial charge in [0.05, 0.1) is 16.8 Å². The molecule has 2 unspecified atom stereocenters. The van der Waals surface area contributed by atoms with Crippen molar-refractivity contribution in [2.24, 2.45) is 11.7 Å². The maximum absolute atomic E-state index is 12.4. The van der Waals surface area contributed by atoms with E-state index in [1.807, 2.05) is 30.3 Å². The molecule has 2 aromatic carbocycles. The van der Waals surface area contributed by atoms with Crippen molar-refractivity contribution in [2.75, 3.05) is 23.8 Å². The van der Waals surface area contributed by atoms with Gasteiger partial charge in [0.2, 0.25) is 5.91 Å². The largest absolute Gasteiger partial charge is 0.381 e. The topological polar surface area (TPSA) is 76.4 Å². The van der Waals surface area contributed by atoms with E-state index in [1.165, 1.54) is 5.56 Å². The molecule has 1 saturated heterocycles. The highest BCUT2D eigenvalue weighted by molar-refractivity contribution is 6.33. The van der Waals surface area contributed by atoms with Crippen molar-refractivity contribution < 1.29 is 9.53 Å². The number of halogens is 2. The minimum absolute atomic E-state index is 0. The van der Waals surface area contributed by atoms with Gasteiger partial charge in [-0.15, -0.1) is 12.4 Å². The average Bonchev–Trinajstić information content (AvgIpc) is 2.70. The maximum Gasteiger partial charge on any atom is 0.241 e. The molecule has 152 valence electrons. The third-order valence-electron chi connectivity index (χ3n) is 4.98. The number of amides is 1. The lowest BCUT2D eigenvalue weighted by Gasteiger charge is -2.26. The summed E-state index contributed by atoms with van der Waals surface area (Å²) < 4.78 is 5.33. The van der Waals surface area contributed by atoms with E-state index in [0.717, 1.165) is 18.5 Å². The Bertz CT molecular complexity index is 768. The number of hydrogen-bond donors (Lipinski definition) is 3. The summed E-state index contributed by atoms with van der Waals surface area (Å²) in [5.41, 5.74) is 8.76. The molecule has 1 fully saturated rings.